The van der Waals surface area contributed by atoms with Crippen LogP contribution in [0, 0.1) is 0 Å². The number of amides is 2. The number of anilines is 1. The van der Waals surface area contributed by atoms with E-state index in [1.165, 1.54) is 17.7 Å². The van der Waals surface area contributed by atoms with Gasteiger partial charge in [-0.1, -0.05) is 19.1 Å². The van der Waals surface area contributed by atoms with Gasteiger partial charge < -0.3 is 16.4 Å². The van der Waals surface area contributed by atoms with Crippen LogP contribution in [0.2, 0.25) is 0 Å². The maximum absolute atomic E-state index is 10.7. The van der Waals surface area contributed by atoms with Gasteiger partial charge in [-0.05, 0) is 31.0 Å². The number of urea groups is 1. The summed E-state index contributed by atoms with van der Waals surface area (Å²) < 4.78 is 0. The summed E-state index contributed by atoms with van der Waals surface area (Å²) in [6.45, 7) is 4.45. The number of hydrogen-bond donors (Lipinski definition) is 3. The minimum Gasteiger partial charge on any atom is -0.351 e. The van der Waals surface area contributed by atoms with Crippen molar-refractivity contribution in [2.75, 3.05) is 11.1 Å². The van der Waals surface area contributed by atoms with Gasteiger partial charge in [-0.25, -0.2) is 4.79 Å². The van der Waals surface area contributed by atoms with Gasteiger partial charge in [0.2, 0.25) is 0 Å². The number of hydrogen-bond acceptors (Lipinski definition) is 3. The lowest BCUT2D eigenvalue weighted by Gasteiger charge is -2.19. The van der Waals surface area contributed by atoms with Gasteiger partial charge in [0.15, 0.2) is 0 Å². The van der Waals surface area contributed by atoms with Crippen molar-refractivity contribution in [3.63, 3.8) is 0 Å². The summed E-state index contributed by atoms with van der Waals surface area (Å²) in [4.78, 5) is 10.7. The summed E-state index contributed by atoms with van der Waals surface area (Å²) in [5, 5.41) is 6.97. The minimum absolute atomic E-state index is 0.318. The highest BCUT2D eigenvalue weighted by Crippen LogP contribution is 2.28. The maximum atomic E-state index is 10.7. The van der Waals surface area contributed by atoms with Gasteiger partial charge in [-0.3, -0.25) is 0 Å². The van der Waals surface area contributed by atoms with Crippen LogP contribution in [0.15, 0.2) is 24.3 Å². The van der Waals surface area contributed by atoms with E-state index in [1.807, 2.05) is 36.0 Å². The van der Waals surface area contributed by atoms with Gasteiger partial charge in [0.1, 0.15) is 0 Å². The molecule has 0 aliphatic carbocycles. The van der Waals surface area contributed by atoms with E-state index in [4.69, 9.17) is 5.73 Å². The number of carbonyl (C=O) groups excluding carboxylic acids is 1. The molecule has 0 aromatic heterocycles. The monoisotopic (exact) mass is 279 g/mol. The average molecular weight is 279 g/mol. The van der Waals surface area contributed by atoms with E-state index in [9.17, 15) is 4.79 Å². The molecule has 0 spiro atoms. The van der Waals surface area contributed by atoms with Crippen molar-refractivity contribution in [1.29, 1.82) is 0 Å². The molecule has 1 heterocycles. The van der Waals surface area contributed by atoms with Crippen molar-refractivity contribution in [3.05, 3.63) is 29.8 Å². The van der Waals surface area contributed by atoms with Crippen molar-refractivity contribution in [2.45, 2.75) is 37.6 Å². The number of thioether (sulfide) groups is 1. The molecular formula is C14H21N3OS. The van der Waals surface area contributed by atoms with Crippen LogP contribution in [0.5, 0.6) is 0 Å². The molecule has 0 saturated carbocycles. The van der Waals surface area contributed by atoms with E-state index in [-0.39, 0.29) is 0 Å². The van der Waals surface area contributed by atoms with E-state index in [2.05, 4.69) is 24.5 Å². The molecule has 104 valence electrons. The third kappa shape index (κ3) is 4.14. The molecule has 1 saturated heterocycles. The van der Waals surface area contributed by atoms with Crippen LogP contribution >= 0.6 is 11.8 Å². The highest BCUT2D eigenvalue weighted by Gasteiger charge is 2.23. The molecule has 1 aromatic carbocycles. The molecule has 3 atom stereocenters. The zero-order chi connectivity index (χ0) is 13.8. The highest BCUT2D eigenvalue weighted by molar-refractivity contribution is 8.00. The van der Waals surface area contributed by atoms with Gasteiger partial charge in [0, 0.05) is 28.8 Å². The van der Waals surface area contributed by atoms with Crippen LogP contribution in [0.1, 0.15) is 31.9 Å². The standard InChI is InChI=1S/C14H21N3OS/c1-9-7-13(8-19-9)16-10(2)11-3-5-12(6-4-11)17-14(15)18/h3-6,9-10,13,16H,7-8H2,1-2H3,(H3,15,17,18). The van der Waals surface area contributed by atoms with E-state index in [0.717, 1.165) is 10.9 Å². The van der Waals surface area contributed by atoms with Gasteiger partial charge >= 0.3 is 6.03 Å². The maximum Gasteiger partial charge on any atom is 0.316 e. The van der Waals surface area contributed by atoms with E-state index >= 15 is 0 Å². The number of nitrogens with one attached hydrogen (secondary N) is 2. The average Bonchev–Trinajstić information content (AvgIpc) is 2.75. The third-order valence-corrected chi connectivity index (χ3v) is 4.72. The second-order valence-electron chi connectivity index (χ2n) is 5.08. The Morgan fingerprint density at radius 1 is 1.42 bits per heavy atom. The normalized spacial score (nSPS) is 24.1. The van der Waals surface area contributed by atoms with Gasteiger partial charge in [0.05, 0.1) is 0 Å². The fourth-order valence-corrected chi connectivity index (χ4v) is 3.54. The van der Waals surface area contributed by atoms with Crippen LogP contribution in [-0.4, -0.2) is 23.1 Å². The Morgan fingerprint density at radius 2 is 2.11 bits per heavy atom. The second-order valence-corrected chi connectivity index (χ2v) is 6.55. The van der Waals surface area contributed by atoms with Gasteiger partial charge in [-0.15, -0.1) is 0 Å². The van der Waals surface area contributed by atoms with Crippen LogP contribution in [0.4, 0.5) is 10.5 Å². The molecule has 4 N–H and O–H groups in total. The smallest absolute Gasteiger partial charge is 0.316 e. The summed E-state index contributed by atoms with van der Waals surface area (Å²) in [6.07, 6.45) is 1.23. The van der Waals surface area contributed by atoms with Gasteiger partial charge in [0.25, 0.3) is 0 Å². The molecule has 5 heteroatoms. The summed E-state index contributed by atoms with van der Waals surface area (Å²) >= 11 is 2.03. The lowest BCUT2D eigenvalue weighted by Crippen LogP contribution is -2.31. The first-order valence-corrected chi connectivity index (χ1v) is 7.63. The third-order valence-electron chi connectivity index (χ3n) is 3.36. The van der Waals surface area contributed by atoms with Crippen molar-refractivity contribution in [3.8, 4) is 0 Å². The largest absolute Gasteiger partial charge is 0.351 e. The zero-order valence-electron chi connectivity index (χ0n) is 11.3. The Labute approximate surface area is 118 Å². The molecule has 4 nitrogen and oxygen atoms in total. The fourth-order valence-electron chi connectivity index (χ4n) is 2.38. The number of benzene rings is 1. The molecule has 0 radical (unpaired) electrons. The predicted molar refractivity (Wildman–Crippen MR) is 81.5 cm³/mol. The van der Waals surface area contributed by atoms with Crippen molar-refractivity contribution in [1.82, 2.24) is 5.32 Å². The van der Waals surface area contributed by atoms with Crippen LogP contribution in [-0.2, 0) is 0 Å². The first-order valence-electron chi connectivity index (χ1n) is 6.58. The first-order chi connectivity index (χ1) is 9.04. The molecular weight excluding hydrogens is 258 g/mol. The molecule has 1 aliphatic rings. The summed E-state index contributed by atoms with van der Waals surface area (Å²) in [5.41, 5.74) is 7.03. The molecule has 19 heavy (non-hydrogen) atoms. The minimum atomic E-state index is -0.532. The Balaban J connectivity index is 1.91. The number of carbonyl (C=O) groups is 1. The predicted octanol–water partition coefficient (Wildman–Crippen LogP) is 2.72. The topological polar surface area (TPSA) is 67.2 Å². The highest BCUT2D eigenvalue weighted by atomic mass is 32.2. The van der Waals surface area contributed by atoms with Crippen molar-refractivity contribution < 1.29 is 4.79 Å². The molecule has 3 unspecified atom stereocenters. The number of rotatable bonds is 4. The summed E-state index contributed by atoms with van der Waals surface area (Å²) in [7, 11) is 0. The van der Waals surface area contributed by atoms with Crippen LogP contribution in [0.3, 0.4) is 0 Å². The van der Waals surface area contributed by atoms with Gasteiger partial charge in [-0.2, -0.15) is 11.8 Å². The first kappa shape index (κ1) is 14.2. The van der Waals surface area contributed by atoms with Crippen LogP contribution in [0.25, 0.3) is 0 Å². The molecule has 1 aliphatic heterocycles. The molecule has 2 rings (SSSR count). The Morgan fingerprint density at radius 3 is 2.63 bits per heavy atom. The zero-order valence-corrected chi connectivity index (χ0v) is 12.2. The fraction of sp³-hybridized carbons (Fsp3) is 0.500. The Hall–Kier alpha value is -1.20. The quantitative estimate of drug-likeness (QED) is 0.794. The summed E-state index contributed by atoms with van der Waals surface area (Å²) in [6, 6.07) is 8.19. The molecule has 1 fully saturated rings. The Kier molecular flexibility index (Phi) is 4.71. The SMILES string of the molecule is CC1CC(NC(C)c2ccc(NC(N)=O)cc2)CS1. The Bertz CT molecular complexity index is 435. The molecule has 0 bridgehead atoms. The van der Waals surface area contributed by atoms with E-state index in [0.29, 0.717) is 12.1 Å². The van der Waals surface area contributed by atoms with E-state index < -0.39 is 6.03 Å². The lowest BCUT2D eigenvalue weighted by molar-refractivity contribution is 0.259. The van der Waals surface area contributed by atoms with Crippen molar-refractivity contribution in [2.24, 2.45) is 5.73 Å². The number of primary amides is 1. The molecule has 2 amide bonds. The van der Waals surface area contributed by atoms with Crippen LogP contribution < -0.4 is 16.4 Å². The van der Waals surface area contributed by atoms with Crippen molar-refractivity contribution >= 4 is 23.5 Å². The lowest BCUT2D eigenvalue weighted by atomic mass is 10.1. The second kappa shape index (κ2) is 6.30. The molecule has 1 aromatic rings. The number of nitrogens with two attached hydrogens (primary N) is 1. The summed E-state index contributed by atoms with van der Waals surface area (Å²) in [5.74, 6) is 1.19. The van der Waals surface area contributed by atoms with E-state index in [1.54, 1.807) is 0 Å².